The van der Waals surface area contributed by atoms with Crippen molar-refractivity contribution < 1.29 is 23.3 Å². The Labute approximate surface area is 158 Å². The van der Waals surface area contributed by atoms with Crippen LogP contribution >= 0.6 is 0 Å². The molecule has 8 nitrogen and oxygen atoms in total. The third-order valence-electron chi connectivity index (χ3n) is 3.57. The number of nitro groups is 1. The first-order valence-electron chi connectivity index (χ1n) is 8.07. The van der Waals surface area contributed by atoms with Gasteiger partial charge in [0.1, 0.15) is 17.3 Å². The molecule has 28 heavy (non-hydrogen) atoms. The van der Waals surface area contributed by atoms with Gasteiger partial charge in [0, 0.05) is 6.07 Å². The van der Waals surface area contributed by atoms with Gasteiger partial charge in [0.15, 0.2) is 12.4 Å². The van der Waals surface area contributed by atoms with Crippen LogP contribution in [-0.4, -0.2) is 23.7 Å². The van der Waals surface area contributed by atoms with Gasteiger partial charge in [-0.2, -0.15) is 5.10 Å². The Bertz CT molecular complexity index is 1030. The third-order valence-corrected chi connectivity index (χ3v) is 3.57. The van der Waals surface area contributed by atoms with Gasteiger partial charge < -0.3 is 9.15 Å². The quantitative estimate of drug-likeness (QED) is 0.382. The largest absolute Gasteiger partial charge is 0.477 e. The van der Waals surface area contributed by atoms with Crippen LogP contribution in [0, 0.1) is 15.9 Å². The lowest BCUT2D eigenvalue weighted by molar-refractivity contribution is -0.385. The molecule has 142 valence electrons. The van der Waals surface area contributed by atoms with Crippen LogP contribution in [0.2, 0.25) is 0 Å². The van der Waals surface area contributed by atoms with E-state index in [1.165, 1.54) is 30.5 Å². The Balaban J connectivity index is 1.55. The Morgan fingerprint density at radius 1 is 1.18 bits per heavy atom. The highest BCUT2D eigenvalue weighted by Crippen LogP contribution is 2.26. The number of rotatable bonds is 7. The van der Waals surface area contributed by atoms with E-state index in [1.807, 2.05) is 0 Å². The zero-order chi connectivity index (χ0) is 19.9. The monoisotopic (exact) mass is 383 g/mol. The SMILES string of the molecule is O=C(COc1ccccc1[N+](=O)[O-])NN=Cc1ccc(-c2ccccc2F)o1. The summed E-state index contributed by atoms with van der Waals surface area (Å²) in [5, 5.41) is 14.6. The Morgan fingerprint density at radius 2 is 1.93 bits per heavy atom. The summed E-state index contributed by atoms with van der Waals surface area (Å²) in [5.41, 5.74) is 2.28. The number of hydrogen-bond donors (Lipinski definition) is 1. The van der Waals surface area contributed by atoms with Gasteiger partial charge in [-0.25, -0.2) is 9.82 Å². The standard InChI is InChI=1S/C19H14FN3O5/c20-15-6-2-1-5-14(15)17-10-9-13(28-17)11-21-22-19(24)12-27-18-8-4-3-7-16(18)23(25)26/h1-11H,12H2,(H,22,24). The number of para-hydroxylation sites is 2. The van der Waals surface area contributed by atoms with E-state index in [-0.39, 0.29) is 11.4 Å². The molecule has 1 N–H and O–H groups in total. The molecule has 0 bridgehead atoms. The number of amides is 1. The Morgan fingerprint density at radius 3 is 2.71 bits per heavy atom. The van der Waals surface area contributed by atoms with Crippen LogP contribution < -0.4 is 10.2 Å². The molecule has 0 aliphatic heterocycles. The molecule has 1 amide bonds. The number of carbonyl (C=O) groups excluding carboxylic acids is 1. The fraction of sp³-hybridized carbons (Fsp3) is 0.0526. The Hall–Kier alpha value is -4.01. The average Bonchev–Trinajstić information content (AvgIpc) is 3.15. The molecule has 0 spiro atoms. The fourth-order valence-corrected chi connectivity index (χ4v) is 2.30. The van der Waals surface area contributed by atoms with Crippen LogP contribution in [0.5, 0.6) is 5.75 Å². The summed E-state index contributed by atoms with van der Waals surface area (Å²) in [6.45, 7) is -0.458. The first kappa shape index (κ1) is 18.8. The van der Waals surface area contributed by atoms with Crippen LogP contribution in [0.4, 0.5) is 10.1 Å². The molecule has 3 aromatic rings. The molecule has 0 aliphatic carbocycles. The molecule has 0 saturated carbocycles. The summed E-state index contributed by atoms with van der Waals surface area (Å²) in [7, 11) is 0. The zero-order valence-electron chi connectivity index (χ0n) is 14.4. The van der Waals surface area contributed by atoms with E-state index in [4.69, 9.17) is 9.15 Å². The van der Waals surface area contributed by atoms with Crippen LogP contribution in [-0.2, 0) is 4.79 Å². The molecule has 3 rings (SSSR count). The molecule has 0 aliphatic rings. The molecule has 0 atom stereocenters. The first-order valence-corrected chi connectivity index (χ1v) is 8.07. The van der Waals surface area contributed by atoms with Crippen molar-refractivity contribution in [3.63, 3.8) is 0 Å². The highest BCUT2D eigenvalue weighted by Gasteiger charge is 2.14. The second-order valence-corrected chi connectivity index (χ2v) is 5.49. The zero-order valence-corrected chi connectivity index (χ0v) is 14.4. The molecular weight excluding hydrogens is 369 g/mol. The highest BCUT2D eigenvalue weighted by molar-refractivity contribution is 5.81. The summed E-state index contributed by atoms with van der Waals surface area (Å²) in [5.74, 6) is -0.424. The van der Waals surface area contributed by atoms with Gasteiger partial charge in [0.2, 0.25) is 0 Å². The van der Waals surface area contributed by atoms with E-state index in [0.29, 0.717) is 17.1 Å². The number of furan rings is 1. The molecule has 0 fully saturated rings. The van der Waals surface area contributed by atoms with Crippen molar-refractivity contribution in [2.45, 2.75) is 0 Å². The van der Waals surface area contributed by atoms with Gasteiger partial charge in [-0.1, -0.05) is 24.3 Å². The highest BCUT2D eigenvalue weighted by atomic mass is 19.1. The third kappa shape index (κ3) is 4.58. The summed E-state index contributed by atoms with van der Waals surface area (Å²) in [6.07, 6.45) is 1.24. The van der Waals surface area contributed by atoms with Gasteiger partial charge in [-0.15, -0.1) is 0 Å². The molecule has 9 heteroatoms. The summed E-state index contributed by atoms with van der Waals surface area (Å²) < 4.78 is 24.3. The number of ether oxygens (including phenoxy) is 1. The fourth-order valence-electron chi connectivity index (χ4n) is 2.30. The van der Waals surface area contributed by atoms with Gasteiger partial charge in [0.25, 0.3) is 5.91 Å². The second-order valence-electron chi connectivity index (χ2n) is 5.49. The summed E-state index contributed by atoms with van der Waals surface area (Å²) in [6, 6.07) is 15.0. The van der Waals surface area contributed by atoms with Crippen molar-refractivity contribution in [1.82, 2.24) is 5.43 Å². The Kier molecular flexibility index (Phi) is 5.75. The molecular formula is C19H14FN3O5. The van der Waals surface area contributed by atoms with E-state index in [0.717, 1.165) is 0 Å². The number of nitrogens with one attached hydrogen (secondary N) is 1. The van der Waals surface area contributed by atoms with Crippen LogP contribution in [0.1, 0.15) is 5.76 Å². The number of nitro benzene ring substituents is 1. The van der Waals surface area contributed by atoms with Crippen molar-refractivity contribution in [2.24, 2.45) is 5.10 Å². The van der Waals surface area contributed by atoms with E-state index >= 15 is 0 Å². The molecule has 1 aromatic heterocycles. The maximum atomic E-state index is 13.7. The van der Waals surface area contributed by atoms with E-state index in [2.05, 4.69) is 10.5 Å². The minimum atomic E-state index is -0.615. The van der Waals surface area contributed by atoms with Crippen molar-refractivity contribution in [3.8, 4) is 17.1 Å². The van der Waals surface area contributed by atoms with Crippen molar-refractivity contribution in [3.05, 3.63) is 82.4 Å². The van der Waals surface area contributed by atoms with Gasteiger partial charge in [-0.05, 0) is 30.3 Å². The summed E-state index contributed by atoms with van der Waals surface area (Å²) >= 11 is 0. The number of carbonyl (C=O) groups is 1. The van der Waals surface area contributed by atoms with Gasteiger partial charge in [0.05, 0.1) is 16.7 Å². The number of hydrazone groups is 1. The molecule has 0 unspecified atom stereocenters. The van der Waals surface area contributed by atoms with Crippen LogP contribution in [0.15, 0.2) is 70.2 Å². The lowest BCUT2D eigenvalue weighted by atomic mass is 10.1. The first-order chi connectivity index (χ1) is 13.5. The molecule has 0 saturated heterocycles. The molecule has 2 aromatic carbocycles. The maximum Gasteiger partial charge on any atom is 0.310 e. The van der Waals surface area contributed by atoms with E-state index in [9.17, 15) is 19.3 Å². The van der Waals surface area contributed by atoms with Crippen LogP contribution in [0.3, 0.4) is 0 Å². The number of nitrogens with zero attached hydrogens (tertiary/aromatic N) is 2. The van der Waals surface area contributed by atoms with Gasteiger partial charge in [-0.3, -0.25) is 14.9 Å². The number of halogens is 1. The molecule has 0 radical (unpaired) electrons. The van der Waals surface area contributed by atoms with Crippen LogP contribution in [0.25, 0.3) is 11.3 Å². The normalized spacial score (nSPS) is 10.8. The maximum absolute atomic E-state index is 13.7. The summed E-state index contributed by atoms with van der Waals surface area (Å²) in [4.78, 5) is 22.0. The number of benzene rings is 2. The van der Waals surface area contributed by atoms with Crippen molar-refractivity contribution >= 4 is 17.8 Å². The minimum Gasteiger partial charge on any atom is -0.477 e. The van der Waals surface area contributed by atoms with Crippen molar-refractivity contribution in [2.75, 3.05) is 6.61 Å². The lowest BCUT2D eigenvalue weighted by Gasteiger charge is -2.05. The smallest absolute Gasteiger partial charge is 0.310 e. The van der Waals surface area contributed by atoms with E-state index < -0.39 is 23.3 Å². The lowest BCUT2D eigenvalue weighted by Crippen LogP contribution is -2.24. The predicted molar refractivity (Wildman–Crippen MR) is 98.4 cm³/mol. The number of hydrogen-bond acceptors (Lipinski definition) is 6. The topological polar surface area (TPSA) is 107 Å². The average molecular weight is 383 g/mol. The minimum absolute atomic E-state index is 0.0211. The van der Waals surface area contributed by atoms with E-state index in [1.54, 1.807) is 36.4 Å². The second kappa shape index (κ2) is 8.58. The predicted octanol–water partition coefficient (Wildman–Crippen LogP) is 3.52. The van der Waals surface area contributed by atoms with Crippen molar-refractivity contribution in [1.29, 1.82) is 0 Å². The molecule has 1 heterocycles. The van der Waals surface area contributed by atoms with Gasteiger partial charge >= 0.3 is 5.69 Å².